The number of anilines is 1. The lowest BCUT2D eigenvalue weighted by molar-refractivity contribution is -0.131. The second-order valence-electron chi connectivity index (χ2n) is 9.04. The van der Waals surface area contributed by atoms with Gasteiger partial charge in [0.1, 0.15) is 12.1 Å². The summed E-state index contributed by atoms with van der Waals surface area (Å²) in [6.07, 6.45) is 8.28. The largest absolute Gasteiger partial charge is 0.350 e. The molecule has 2 N–H and O–H groups in total. The normalized spacial score (nSPS) is 19.4. The number of nitriles is 1. The van der Waals surface area contributed by atoms with Crippen molar-refractivity contribution >= 4 is 34.5 Å². The van der Waals surface area contributed by atoms with Crippen LogP contribution in [0.3, 0.4) is 0 Å². The molecule has 1 atom stereocenters. The van der Waals surface area contributed by atoms with Crippen LogP contribution in [0.5, 0.6) is 0 Å². The Hall–Kier alpha value is -3.22. The van der Waals surface area contributed by atoms with Crippen molar-refractivity contribution in [2.24, 2.45) is 5.92 Å². The Morgan fingerprint density at radius 2 is 2.12 bits per heavy atom. The van der Waals surface area contributed by atoms with E-state index in [2.05, 4.69) is 25.2 Å². The molecule has 0 radical (unpaired) electrons. The number of pyridine rings is 1. The van der Waals surface area contributed by atoms with Gasteiger partial charge in [0, 0.05) is 62.1 Å². The molecule has 2 aliphatic heterocycles. The highest BCUT2D eigenvalue weighted by molar-refractivity contribution is 6.33. The number of aromatic nitrogens is 4. The van der Waals surface area contributed by atoms with Gasteiger partial charge in [0.15, 0.2) is 0 Å². The third-order valence-electron chi connectivity index (χ3n) is 6.77. The molecule has 2 fully saturated rings. The first kappa shape index (κ1) is 22.6. The number of aromatic amines is 1. The number of fused-ring (bicyclic) bond motifs is 1. The summed E-state index contributed by atoms with van der Waals surface area (Å²) in [6, 6.07) is 6.12. The molecular weight excluding hydrogens is 452 g/mol. The van der Waals surface area contributed by atoms with Gasteiger partial charge in [-0.1, -0.05) is 11.6 Å². The summed E-state index contributed by atoms with van der Waals surface area (Å²) >= 11 is 6.45. The maximum Gasteiger partial charge on any atom is 0.236 e. The van der Waals surface area contributed by atoms with Crippen molar-refractivity contribution in [3.05, 3.63) is 35.7 Å². The summed E-state index contributed by atoms with van der Waals surface area (Å²) in [5.74, 6) is 1.12. The van der Waals surface area contributed by atoms with Gasteiger partial charge in [-0.3, -0.25) is 4.79 Å². The van der Waals surface area contributed by atoms with Gasteiger partial charge in [-0.25, -0.2) is 15.0 Å². The van der Waals surface area contributed by atoms with E-state index < -0.39 is 0 Å². The van der Waals surface area contributed by atoms with Crippen LogP contribution in [-0.4, -0.2) is 74.4 Å². The monoisotopic (exact) mass is 478 g/mol. The summed E-state index contributed by atoms with van der Waals surface area (Å²) in [5.41, 5.74) is 2.39. The summed E-state index contributed by atoms with van der Waals surface area (Å²) in [7, 11) is 0. The third kappa shape index (κ3) is 4.83. The second-order valence-corrected chi connectivity index (χ2v) is 9.45. The van der Waals surface area contributed by atoms with E-state index in [0.717, 1.165) is 68.6 Å². The van der Waals surface area contributed by atoms with E-state index >= 15 is 0 Å². The SMILES string of the molecule is N#CCC(=O)N1CCC(CN2CC[C@@H](Nc3ncc(Cl)c(-c4c[nH]c5ncccc45)n3)C2)CC1. The first-order valence-corrected chi connectivity index (χ1v) is 12.1. The van der Waals surface area contributed by atoms with Gasteiger partial charge >= 0.3 is 0 Å². The number of rotatable bonds is 6. The number of hydrogen-bond acceptors (Lipinski definition) is 7. The topological polar surface area (TPSA) is 114 Å². The van der Waals surface area contributed by atoms with Crippen molar-refractivity contribution in [2.45, 2.75) is 31.7 Å². The number of piperidine rings is 1. The Morgan fingerprint density at radius 3 is 2.94 bits per heavy atom. The molecule has 3 aromatic rings. The molecule has 34 heavy (non-hydrogen) atoms. The van der Waals surface area contributed by atoms with Gasteiger partial charge in [-0.15, -0.1) is 0 Å². The molecule has 176 valence electrons. The maximum atomic E-state index is 11.9. The molecule has 10 heteroatoms. The van der Waals surface area contributed by atoms with E-state index in [0.29, 0.717) is 22.6 Å². The molecular formula is C24H27ClN8O. The van der Waals surface area contributed by atoms with Crippen LogP contribution >= 0.6 is 11.6 Å². The van der Waals surface area contributed by atoms with E-state index in [1.54, 1.807) is 12.4 Å². The van der Waals surface area contributed by atoms with Gasteiger partial charge in [-0.05, 0) is 37.3 Å². The fourth-order valence-electron chi connectivity index (χ4n) is 4.99. The lowest BCUT2D eigenvalue weighted by Gasteiger charge is -2.33. The Kier molecular flexibility index (Phi) is 6.61. The molecule has 1 amide bonds. The number of hydrogen-bond donors (Lipinski definition) is 2. The van der Waals surface area contributed by atoms with Crippen molar-refractivity contribution in [2.75, 3.05) is 38.0 Å². The Labute approximate surface area is 203 Å². The van der Waals surface area contributed by atoms with Gasteiger partial charge in [0.2, 0.25) is 11.9 Å². The van der Waals surface area contributed by atoms with Crippen molar-refractivity contribution < 1.29 is 4.79 Å². The molecule has 2 saturated heterocycles. The highest BCUT2D eigenvalue weighted by Crippen LogP contribution is 2.32. The quantitative estimate of drug-likeness (QED) is 0.558. The molecule has 2 aliphatic rings. The molecule has 0 aliphatic carbocycles. The van der Waals surface area contributed by atoms with Gasteiger partial charge in [0.25, 0.3) is 0 Å². The summed E-state index contributed by atoms with van der Waals surface area (Å²) in [4.78, 5) is 32.9. The third-order valence-corrected chi connectivity index (χ3v) is 7.05. The van der Waals surface area contributed by atoms with Gasteiger partial charge in [0.05, 0.1) is 23.0 Å². The average molecular weight is 479 g/mol. The van der Waals surface area contributed by atoms with Crippen LogP contribution in [0.2, 0.25) is 5.02 Å². The molecule has 0 aromatic carbocycles. The van der Waals surface area contributed by atoms with Crippen LogP contribution < -0.4 is 5.32 Å². The lowest BCUT2D eigenvalue weighted by atomic mass is 9.96. The van der Waals surface area contributed by atoms with Crippen LogP contribution in [0.15, 0.2) is 30.7 Å². The smallest absolute Gasteiger partial charge is 0.236 e. The molecule has 9 nitrogen and oxygen atoms in total. The van der Waals surface area contributed by atoms with Crippen molar-refractivity contribution in [3.63, 3.8) is 0 Å². The number of amides is 1. The Morgan fingerprint density at radius 1 is 1.26 bits per heavy atom. The fraction of sp³-hybridized carbons (Fsp3) is 0.458. The Bertz CT molecular complexity index is 1210. The molecule has 5 rings (SSSR count). The fourth-order valence-corrected chi connectivity index (χ4v) is 5.18. The van der Waals surface area contributed by atoms with Gasteiger partial charge in [-0.2, -0.15) is 5.26 Å². The van der Waals surface area contributed by atoms with Crippen LogP contribution in [0.4, 0.5) is 5.95 Å². The summed E-state index contributed by atoms with van der Waals surface area (Å²) in [5, 5.41) is 13.7. The standard InChI is InChI=1S/C24H27ClN8O/c25-20-13-29-24(31-22(20)19-12-28-23-18(19)2-1-8-27-23)30-17-6-9-32(15-17)14-16-4-10-33(11-5-16)21(34)3-7-26/h1-2,8,12-13,16-17H,3-6,9-11,14-15H2,(H,27,28)(H,29,30,31)/t17-/m1/s1. The predicted molar refractivity (Wildman–Crippen MR) is 130 cm³/mol. The van der Waals surface area contributed by atoms with E-state index in [-0.39, 0.29) is 18.4 Å². The number of likely N-dealkylation sites (tertiary alicyclic amines) is 2. The van der Waals surface area contributed by atoms with Crippen LogP contribution in [0.25, 0.3) is 22.3 Å². The highest BCUT2D eigenvalue weighted by Gasteiger charge is 2.28. The first-order valence-electron chi connectivity index (χ1n) is 11.7. The molecule has 0 saturated carbocycles. The van der Waals surface area contributed by atoms with E-state index in [4.69, 9.17) is 21.8 Å². The van der Waals surface area contributed by atoms with Crippen molar-refractivity contribution in [3.8, 4) is 17.3 Å². The number of H-pyrrole nitrogens is 1. The van der Waals surface area contributed by atoms with Crippen molar-refractivity contribution in [1.82, 2.24) is 29.7 Å². The van der Waals surface area contributed by atoms with Gasteiger partial charge < -0.3 is 20.1 Å². The number of nitrogens with one attached hydrogen (secondary N) is 2. The minimum atomic E-state index is -0.0439. The molecule has 0 spiro atoms. The zero-order valence-corrected chi connectivity index (χ0v) is 19.6. The number of halogens is 1. The molecule has 0 unspecified atom stereocenters. The molecule has 5 heterocycles. The second kappa shape index (κ2) is 9.95. The summed E-state index contributed by atoms with van der Waals surface area (Å²) in [6.45, 7) is 4.51. The highest BCUT2D eigenvalue weighted by atomic mass is 35.5. The Balaban J connectivity index is 1.17. The molecule has 0 bridgehead atoms. The number of carbonyl (C=O) groups excluding carboxylic acids is 1. The number of nitrogens with zero attached hydrogens (tertiary/aromatic N) is 6. The van der Waals surface area contributed by atoms with Crippen LogP contribution in [-0.2, 0) is 4.79 Å². The zero-order valence-electron chi connectivity index (χ0n) is 18.9. The maximum absolute atomic E-state index is 11.9. The van der Waals surface area contributed by atoms with E-state index in [1.807, 2.05) is 29.3 Å². The van der Waals surface area contributed by atoms with Crippen molar-refractivity contribution in [1.29, 1.82) is 5.26 Å². The van der Waals surface area contributed by atoms with E-state index in [1.165, 1.54) is 0 Å². The first-order chi connectivity index (χ1) is 16.6. The zero-order chi connectivity index (χ0) is 23.5. The van der Waals surface area contributed by atoms with Crippen LogP contribution in [0.1, 0.15) is 25.7 Å². The predicted octanol–water partition coefficient (Wildman–Crippen LogP) is 3.31. The summed E-state index contributed by atoms with van der Waals surface area (Å²) < 4.78 is 0. The van der Waals surface area contributed by atoms with Crippen LogP contribution in [0, 0.1) is 17.2 Å². The molecule has 3 aromatic heterocycles. The minimum absolute atomic E-state index is 0.0180. The number of carbonyl (C=O) groups is 1. The lowest BCUT2D eigenvalue weighted by Crippen LogP contribution is -2.41. The average Bonchev–Trinajstić information content (AvgIpc) is 3.48. The minimum Gasteiger partial charge on any atom is -0.350 e. The van der Waals surface area contributed by atoms with E-state index in [9.17, 15) is 4.79 Å².